The van der Waals surface area contributed by atoms with Crippen molar-refractivity contribution in [3.05, 3.63) is 24.3 Å². The highest BCUT2D eigenvalue weighted by molar-refractivity contribution is 5.96. The first kappa shape index (κ1) is 15.3. The molecule has 0 aromatic heterocycles. The van der Waals surface area contributed by atoms with Gasteiger partial charge < -0.3 is 16.4 Å². The monoisotopic (exact) mass is 290 g/mol. The highest BCUT2D eigenvalue weighted by Gasteiger charge is 2.27. The fraction of sp³-hybridized carbons (Fsp3) is 0.467. The second-order valence-electron chi connectivity index (χ2n) is 6.26. The van der Waals surface area contributed by atoms with Crippen LogP contribution in [0.15, 0.2) is 24.3 Å². The van der Waals surface area contributed by atoms with Crippen molar-refractivity contribution >= 4 is 23.3 Å². The lowest BCUT2D eigenvalue weighted by atomic mass is 9.87. The minimum Gasteiger partial charge on any atom is -0.336 e. The van der Waals surface area contributed by atoms with Gasteiger partial charge in [-0.2, -0.15) is 0 Å². The topological polar surface area (TPSA) is 87.5 Å². The van der Waals surface area contributed by atoms with E-state index in [0.717, 1.165) is 5.69 Å². The molecule has 0 bridgehead atoms. The molecule has 1 heterocycles. The molecule has 3 amide bonds. The molecular formula is C15H22N4O2. The standard InChI is InChI=1S/C15H22N4O2/c1-15(2,3)12(16)13(20)18-10-4-6-11(7-5-10)19-9-8-17-14(19)21/h4-7,12H,8-9,16H2,1-3H3,(H,17,21)(H,18,20). The van der Waals surface area contributed by atoms with Crippen LogP contribution in [0.3, 0.4) is 0 Å². The van der Waals surface area contributed by atoms with E-state index in [1.807, 2.05) is 32.9 Å². The highest BCUT2D eigenvalue weighted by atomic mass is 16.2. The van der Waals surface area contributed by atoms with E-state index in [0.29, 0.717) is 18.8 Å². The summed E-state index contributed by atoms with van der Waals surface area (Å²) in [6.45, 7) is 7.07. The van der Waals surface area contributed by atoms with Gasteiger partial charge in [-0.3, -0.25) is 9.69 Å². The Bertz CT molecular complexity index is 534. The number of carbonyl (C=O) groups is 2. The minimum absolute atomic E-state index is 0.0958. The molecule has 6 nitrogen and oxygen atoms in total. The predicted octanol–water partition coefficient (Wildman–Crippen LogP) is 1.53. The number of benzene rings is 1. The molecule has 4 N–H and O–H groups in total. The first-order valence-electron chi connectivity index (χ1n) is 7.01. The quantitative estimate of drug-likeness (QED) is 0.789. The summed E-state index contributed by atoms with van der Waals surface area (Å²) < 4.78 is 0. The maximum Gasteiger partial charge on any atom is 0.321 e. The number of nitrogens with zero attached hydrogens (tertiary/aromatic N) is 1. The van der Waals surface area contributed by atoms with Gasteiger partial charge in [-0.1, -0.05) is 20.8 Å². The van der Waals surface area contributed by atoms with Gasteiger partial charge in [0.25, 0.3) is 0 Å². The Morgan fingerprint density at radius 2 is 1.95 bits per heavy atom. The zero-order valence-electron chi connectivity index (χ0n) is 12.6. The van der Waals surface area contributed by atoms with Crippen LogP contribution in [0.4, 0.5) is 16.2 Å². The number of hydrogen-bond acceptors (Lipinski definition) is 3. The molecule has 1 aromatic carbocycles. The van der Waals surface area contributed by atoms with Gasteiger partial charge in [-0.25, -0.2) is 4.79 Å². The number of anilines is 2. The molecule has 1 atom stereocenters. The smallest absolute Gasteiger partial charge is 0.321 e. The molecule has 0 spiro atoms. The van der Waals surface area contributed by atoms with Gasteiger partial charge in [-0.05, 0) is 29.7 Å². The van der Waals surface area contributed by atoms with Crippen LogP contribution in [-0.2, 0) is 4.79 Å². The minimum atomic E-state index is -0.582. The predicted molar refractivity (Wildman–Crippen MR) is 83.2 cm³/mol. The maximum absolute atomic E-state index is 12.0. The Labute approximate surface area is 124 Å². The van der Waals surface area contributed by atoms with Crippen molar-refractivity contribution in [3.8, 4) is 0 Å². The summed E-state index contributed by atoms with van der Waals surface area (Å²) in [6, 6.07) is 6.48. The number of nitrogens with one attached hydrogen (secondary N) is 2. The van der Waals surface area contributed by atoms with E-state index in [1.54, 1.807) is 17.0 Å². The van der Waals surface area contributed by atoms with Crippen molar-refractivity contribution in [2.24, 2.45) is 11.1 Å². The van der Waals surface area contributed by atoms with Crippen molar-refractivity contribution in [2.75, 3.05) is 23.3 Å². The van der Waals surface area contributed by atoms with Crippen LogP contribution in [0.5, 0.6) is 0 Å². The lowest BCUT2D eigenvalue weighted by Crippen LogP contribution is -2.45. The number of rotatable bonds is 3. The fourth-order valence-electron chi connectivity index (χ4n) is 2.06. The summed E-state index contributed by atoms with van der Waals surface area (Å²) in [6.07, 6.45) is 0. The fourth-order valence-corrected chi connectivity index (χ4v) is 2.06. The van der Waals surface area contributed by atoms with E-state index in [-0.39, 0.29) is 17.4 Å². The van der Waals surface area contributed by atoms with Crippen LogP contribution in [0.2, 0.25) is 0 Å². The van der Waals surface area contributed by atoms with E-state index in [2.05, 4.69) is 10.6 Å². The molecule has 1 aromatic rings. The van der Waals surface area contributed by atoms with Gasteiger partial charge in [0.2, 0.25) is 5.91 Å². The molecule has 0 aliphatic carbocycles. The summed E-state index contributed by atoms with van der Waals surface area (Å²) in [7, 11) is 0. The zero-order valence-corrected chi connectivity index (χ0v) is 12.6. The Balaban J connectivity index is 2.03. The highest BCUT2D eigenvalue weighted by Crippen LogP contribution is 2.21. The SMILES string of the molecule is CC(C)(C)C(N)C(=O)Nc1ccc(N2CCNC2=O)cc1. The molecule has 1 aliphatic heterocycles. The largest absolute Gasteiger partial charge is 0.336 e. The summed E-state index contributed by atoms with van der Waals surface area (Å²) in [5, 5.41) is 5.54. The van der Waals surface area contributed by atoms with Crippen LogP contribution in [0.25, 0.3) is 0 Å². The molecule has 1 aliphatic rings. The first-order valence-corrected chi connectivity index (χ1v) is 7.01. The van der Waals surface area contributed by atoms with E-state index in [1.165, 1.54) is 0 Å². The number of amides is 3. The van der Waals surface area contributed by atoms with Gasteiger partial charge in [0.05, 0.1) is 6.04 Å². The van der Waals surface area contributed by atoms with Gasteiger partial charge in [0.15, 0.2) is 0 Å². The molecule has 21 heavy (non-hydrogen) atoms. The third-order valence-corrected chi connectivity index (χ3v) is 3.52. The average molecular weight is 290 g/mol. The molecule has 0 radical (unpaired) electrons. The summed E-state index contributed by atoms with van der Waals surface area (Å²) in [4.78, 5) is 25.3. The van der Waals surface area contributed by atoms with Crippen LogP contribution in [0.1, 0.15) is 20.8 Å². The molecule has 1 fully saturated rings. The van der Waals surface area contributed by atoms with Crippen molar-refractivity contribution in [2.45, 2.75) is 26.8 Å². The normalized spacial score (nSPS) is 16.6. The Kier molecular flexibility index (Phi) is 4.18. The Hall–Kier alpha value is -2.08. The molecule has 1 saturated heterocycles. The van der Waals surface area contributed by atoms with Gasteiger partial charge in [0, 0.05) is 24.5 Å². The third-order valence-electron chi connectivity index (χ3n) is 3.52. The molecule has 114 valence electrons. The summed E-state index contributed by atoms with van der Waals surface area (Å²) in [5.41, 5.74) is 7.10. The van der Waals surface area contributed by atoms with Crippen molar-refractivity contribution < 1.29 is 9.59 Å². The van der Waals surface area contributed by atoms with Crippen LogP contribution < -0.4 is 21.3 Å². The lowest BCUT2D eigenvalue weighted by molar-refractivity contribution is -0.119. The Morgan fingerprint density at radius 1 is 1.33 bits per heavy atom. The number of nitrogens with two attached hydrogens (primary N) is 1. The van der Waals surface area contributed by atoms with E-state index in [9.17, 15) is 9.59 Å². The maximum atomic E-state index is 12.0. The van der Waals surface area contributed by atoms with Gasteiger partial charge in [0.1, 0.15) is 0 Å². The number of hydrogen-bond donors (Lipinski definition) is 3. The van der Waals surface area contributed by atoms with E-state index < -0.39 is 6.04 Å². The van der Waals surface area contributed by atoms with E-state index >= 15 is 0 Å². The second-order valence-corrected chi connectivity index (χ2v) is 6.26. The average Bonchev–Trinajstić information content (AvgIpc) is 2.84. The number of urea groups is 1. The third kappa shape index (κ3) is 3.52. The Morgan fingerprint density at radius 3 is 2.43 bits per heavy atom. The van der Waals surface area contributed by atoms with E-state index in [4.69, 9.17) is 5.73 Å². The van der Waals surface area contributed by atoms with Gasteiger partial charge >= 0.3 is 6.03 Å². The van der Waals surface area contributed by atoms with Crippen molar-refractivity contribution in [3.63, 3.8) is 0 Å². The first-order chi connectivity index (χ1) is 9.79. The zero-order chi connectivity index (χ0) is 15.6. The van der Waals surface area contributed by atoms with Crippen molar-refractivity contribution in [1.29, 1.82) is 0 Å². The van der Waals surface area contributed by atoms with Crippen LogP contribution in [-0.4, -0.2) is 31.1 Å². The lowest BCUT2D eigenvalue weighted by Gasteiger charge is -2.25. The van der Waals surface area contributed by atoms with Crippen LogP contribution >= 0.6 is 0 Å². The number of carbonyl (C=O) groups excluding carboxylic acids is 2. The molecule has 0 saturated carbocycles. The molecule has 6 heteroatoms. The molecular weight excluding hydrogens is 268 g/mol. The summed E-state index contributed by atoms with van der Waals surface area (Å²) in [5.74, 6) is -0.214. The van der Waals surface area contributed by atoms with Gasteiger partial charge in [-0.15, -0.1) is 0 Å². The molecule has 1 unspecified atom stereocenters. The van der Waals surface area contributed by atoms with Crippen LogP contribution in [0, 0.1) is 5.41 Å². The van der Waals surface area contributed by atoms with Crippen molar-refractivity contribution in [1.82, 2.24) is 5.32 Å². The summed E-state index contributed by atoms with van der Waals surface area (Å²) >= 11 is 0. The molecule has 2 rings (SSSR count). The second kappa shape index (κ2) is 5.73.